The number of methoxy groups -OCH3 is 1. The summed E-state index contributed by atoms with van der Waals surface area (Å²) in [6, 6.07) is -0.185. The molecule has 7 nitrogen and oxygen atoms in total. The molecule has 2 aliphatic rings. The van der Waals surface area contributed by atoms with Gasteiger partial charge in [-0.15, -0.1) is 0 Å². The van der Waals surface area contributed by atoms with E-state index in [9.17, 15) is 9.59 Å². The zero-order valence-electron chi connectivity index (χ0n) is 13.5. The van der Waals surface area contributed by atoms with Gasteiger partial charge < -0.3 is 19.7 Å². The minimum Gasteiger partial charge on any atom is -0.383 e. The molecule has 1 N–H and O–H groups in total. The number of nitrogens with one attached hydrogen (secondary N) is 1. The summed E-state index contributed by atoms with van der Waals surface area (Å²) in [5, 5.41) is 2.90. The number of morpholine rings is 1. The normalized spacial score (nSPS) is 24.3. The summed E-state index contributed by atoms with van der Waals surface area (Å²) < 4.78 is 10.3. The fourth-order valence-electron chi connectivity index (χ4n) is 3.09. The van der Waals surface area contributed by atoms with E-state index < -0.39 is 0 Å². The van der Waals surface area contributed by atoms with Crippen LogP contribution in [0.5, 0.6) is 0 Å². The summed E-state index contributed by atoms with van der Waals surface area (Å²) in [4.78, 5) is 28.5. The second-order valence-electron chi connectivity index (χ2n) is 5.99. The zero-order chi connectivity index (χ0) is 15.9. The number of hydrogen-bond donors (Lipinski definition) is 1. The van der Waals surface area contributed by atoms with Crippen molar-refractivity contribution in [1.82, 2.24) is 15.1 Å². The molecule has 0 radical (unpaired) electrons. The lowest BCUT2D eigenvalue weighted by atomic mass is 10.2. The van der Waals surface area contributed by atoms with E-state index in [1.807, 2.05) is 16.7 Å². The van der Waals surface area contributed by atoms with Crippen LogP contribution in [0.15, 0.2) is 0 Å². The number of hydrogen-bond acceptors (Lipinski definition) is 5. The molecule has 0 saturated carbocycles. The Labute approximate surface area is 131 Å². The van der Waals surface area contributed by atoms with Crippen molar-refractivity contribution in [3.05, 3.63) is 0 Å². The molecule has 0 unspecified atom stereocenters. The molecule has 126 valence electrons. The standard InChI is InChI=1S/C15H27N3O4/c1-12(11-21-2)16-14(19)10-18-5-3-4-13(18)15(20)17-6-8-22-9-7-17/h12-13H,3-11H2,1-2H3,(H,16,19)/t12-,13-/m1/s1. The third-order valence-corrected chi connectivity index (χ3v) is 4.14. The average molecular weight is 313 g/mol. The minimum atomic E-state index is -0.165. The molecule has 0 aromatic rings. The Hall–Kier alpha value is -1.18. The first-order chi connectivity index (χ1) is 10.6. The number of likely N-dealkylation sites (tertiary alicyclic amines) is 1. The molecule has 22 heavy (non-hydrogen) atoms. The van der Waals surface area contributed by atoms with Crippen LogP contribution in [0.25, 0.3) is 0 Å². The Morgan fingerprint density at radius 2 is 2.05 bits per heavy atom. The molecule has 0 aromatic carbocycles. The molecule has 0 bridgehead atoms. The highest BCUT2D eigenvalue weighted by molar-refractivity contribution is 5.84. The Morgan fingerprint density at radius 3 is 2.73 bits per heavy atom. The van der Waals surface area contributed by atoms with Crippen molar-refractivity contribution in [2.75, 3.05) is 53.1 Å². The smallest absolute Gasteiger partial charge is 0.240 e. The van der Waals surface area contributed by atoms with Crippen LogP contribution in [0, 0.1) is 0 Å². The first kappa shape index (κ1) is 17.2. The maximum absolute atomic E-state index is 12.6. The fraction of sp³-hybridized carbons (Fsp3) is 0.867. The van der Waals surface area contributed by atoms with Crippen LogP contribution >= 0.6 is 0 Å². The van der Waals surface area contributed by atoms with Crippen LogP contribution in [-0.2, 0) is 19.1 Å². The van der Waals surface area contributed by atoms with Crippen LogP contribution in [0.1, 0.15) is 19.8 Å². The third kappa shape index (κ3) is 4.66. The Bertz CT molecular complexity index is 385. The lowest BCUT2D eigenvalue weighted by Gasteiger charge is -2.32. The fourth-order valence-corrected chi connectivity index (χ4v) is 3.09. The largest absolute Gasteiger partial charge is 0.383 e. The van der Waals surface area contributed by atoms with E-state index in [0.717, 1.165) is 19.4 Å². The number of nitrogens with zero attached hydrogens (tertiary/aromatic N) is 2. The van der Waals surface area contributed by atoms with Gasteiger partial charge in [-0.05, 0) is 26.3 Å². The summed E-state index contributed by atoms with van der Waals surface area (Å²) in [6.07, 6.45) is 1.79. The molecule has 0 spiro atoms. The van der Waals surface area contributed by atoms with Gasteiger partial charge in [0, 0.05) is 26.2 Å². The predicted molar refractivity (Wildman–Crippen MR) is 81.5 cm³/mol. The average Bonchev–Trinajstić information content (AvgIpc) is 2.95. The van der Waals surface area contributed by atoms with Crippen molar-refractivity contribution in [3.8, 4) is 0 Å². The number of ether oxygens (including phenoxy) is 2. The molecule has 2 amide bonds. The molecule has 2 atom stereocenters. The van der Waals surface area contributed by atoms with Gasteiger partial charge in [-0.2, -0.15) is 0 Å². The second-order valence-corrected chi connectivity index (χ2v) is 5.99. The van der Waals surface area contributed by atoms with Gasteiger partial charge in [0.2, 0.25) is 11.8 Å². The van der Waals surface area contributed by atoms with Gasteiger partial charge in [0.1, 0.15) is 0 Å². The van der Waals surface area contributed by atoms with Crippen molar-refractivity contribution in [1.29, 1.82) is 0 Å². The van der Waals surface area contributed by atoms with Crippen LogP contribution in [0.3, 0.4) is 0 Å². The maximum atomic E-state index is 12.6. The quantitative estimate of drug-likeness (QED) is 0.713. The van der Waals surface area contributed by atoms with E-state index in [-0.39, 0.29) is 30.4 Å². The second kappa shape index (κ2) is 8.45. The molecule has 0 aromatic heterocycles. The van der Waals surface area contributed by atoms with Crippen LogP contribution in [0.2, 0.25) is 0 Å². The number of rotatable bonds is 6. The van der Waals surface area contributed by atoms with E-state index in [1.165, 1.54) is 0 Å². The molecule has 2 fully saturated rings. The Balaban J connectivity index is 1.84. The van der Waals surface area contributed by atoms with Crippen molar-refractivity contribution in [2.24, 2.45) is 0 Å². The third-order valence-electron chi connectivity index (χ3n) is 4.14. The van der Waals surface area contributed by atoms with Crippen molar-refractivity contribution >= 4 is 11.8 Å². The summed E-state index contributed by atoms with van der Waals surface area (Å²) in [5.74, 6) is 0.0877. The summed E-state index contributed by atoms with van der Waals surface area (Å²) in [6.45, 7) is 5.98. The molecule has 2 aliphatic heterocycles. The SMILES string of the molecule is COC[C@@H](C)NC(=O)CN1CCC[C@@H]1C(=O)N1CCOCC1. The van der Waals surface area contributed by atoms with Crippen molar-refractivity contribution in [2.45, 2.75) is 31.8 Å². The van der Waals surface area contributed by atoms with Gasteiger partial charge in [-0.1, -0.05) is 0 Å². The lowest BCUT2D eigenvalue weighted by molar-refractivity contribution is -0.140. The highest BCUT2D eigenvalue weighted by Crippen LogP contribution is 2.19. The van der Waals surface area contributed by atoms with E-state index in [0.29, 0.717) is 32.9 Å². The maximum Gasteiger partial charge on any atom is 0.240 e. The van der Waals surface area contributed by atoms with Gasteiger partial charge in [-0.3, -0.25) is 14.5 Å². The molecule has 2 rings (SSSR count). The van der Waals surface area contributed by atoms with Gasteiger partial charge >= 0.3 is 0 Å². The summed E-state index contributed by atoms with van der Waals surface area (Å²) in [5.41, 5.74) is 0. The first-order valence-electron chi connectivity index (χ1n) is 8.00. The molecular weight excluding hydrogens is 286 g/mol. The van der Waals surface area contributed by atoms with Crippen LogP contribution < -0.4 is 5.32 Å². The molecule has 0 aliphatic carbocycles. The Kier molecular flexibility index (Phi) is 6.60. The number of carbonyl (C=O) groups is 2. The first-order valence-corrected chi connectivity index (χ1v) is 8.00. The number of carbonyl (C=O) groups excluding carboxylic acids is 2. The number of amides is 2. The lowest BCUT2D eigenvalue weighted by Crippen LogP contribution is -2.52. The monoisotopic (exact) mass is 313 g/mol. The van der Waals surface area contributed by atoms with E-state index in [4.69, 9.17) is 9.47 Å². The molecule has 7 heteroatoms. The predicted octanol–water partition coefficient (Wildman–Crippen LogP) is -0.539. The van der Waals surface area contributed by atoms with Crippen molar-refractivity contribution in [3.63, 3.8) is 0 Å². The Morgan fingerprint density at radius 1 is 1.32 bits per heavy atom. The van der Waals surface area contributed by atoms with Crippen LogP contribution in [0.4, 0.5) is 0 Å². The van der Waals surface area contributed by atoms with E-state index >= 15 is 0 Å². The van der Waals surface area contributed by atoms with E-state index in [2.05, 4.69) is 5.32 Å². The van der Waals surface area contributed by atoms with Gasteiger partial charge in [0.05, 0.1) is 32.4 Å². The van der Waals surface area contributed by atoms with Gasteiger partial charge in [-0.25, -0.2) is 0 Å². The molecule has 2 saturated heterocycles. The summed E-state index contributed by atoms with van der Waals surface area (Å²) in [7, 11) is 1.61. The van der Waals surface area contributed by atoms with Gasteiger partial charge in [0.15, 0.2) is 0 Å². The van der Waals surface area contributed by atoms with Crippen molar-refractivity contribution < 1.29 is 19.1 Å². The molecule has 2 heterocycles. The van der Waals surface area contributed by atoms with Gasteiger partial charge in [0.25, 0.3) is 0 Å². The highest BCUT2D eigenvalue weighted by Gasteiger charge is 2.35. The topological polar surface area (TPSA) is 71.1 Å². The summed E-state index contributed by atoms with van der Waals surface area (Å²) >= 11 is 0. The van der Waals surface area contributed by atoms with Crippen LogP contribution in [-0.4, -0.2) is 86.8 Å². The zero-order valence-corrected chi connectivity index (χ0v) is 13.5. The minimum absolute atomic E-state index is 0.0199. The molecular formula is C15H27N3O4. The highest BCUT2D eigenvalue weighted by atomic mass is 16.5. The van der Waals surface area contributed by atoms with E-state index in [1.54, 1.807) is 7.11 Å².